The van der Waals surface area contributed by atoms with Gasteiger partial charge in [0.1, 0.15) is 5.01 Å². The van der Waals surface area contributed by atoms with Crippen molar-refractivity contribution >= 4 is 11.3 Å². The van der Waals surface area contributed by atoms with Crippen molar-refractivity contribution in [3.8, 4) is 22.1 Å². The summed E-state index contributed by atoms with van der Waals surface area (Å²) in [6, 6.07) is 6.28. The summed E-state index contributed by atoms with van der Waals surface area (Å²) in [6.45, 7) is 0.308. The maximum atomic E-state index is 6.01. The van der Waals surface area contributed by atoms with Gasteiger partial charge in [-0.15, -0.1) is 11.3 Å². The number of thiazole rings is 1. The molecule has 0 saturated heterocycles. The van der Waals surface area contributed by atoms with Crippen LogP contribution in [0.5, 0.6) is 11.5 Å². The molecule has 0 saturated carbocycles. The molecule has 19 heavy (non-hydrogen) atoms. The first-order valence-corrected chi connectivity index (χ1v) is 7.25. The number of ether oxygens (including phenoxy) is 2. The number of nitrogens with zero attached hydrogens (tertiary/aromatic N) is 1. The smallest absolute Gasteiger partial charge is 0.231 e. The number of aromatic nitrogens is 1. The minimum atomic E-state index is 0.289. The normalized spacial score (nSPS) is 20.4. The van der Waals surface area contributed by atoms with Crippen molar-refractivity contribution in [1.29, 1.82) is 0 Å². The number of hydrogen-bond donors (Lipinski definition) is 1. The monoisotopic (exact) mass is 274 g/mol. The van der Waals surface area contributed by atoms with Crippen molar-refractivity contribution in [1.82, 2.24) is 4.98 Å². The van der Waals surface area contributed by atoms with Crippen LogP contribution in [-0.4, -0.2) is 17.8 Å². The van der Waals surface area contributed by atoms with E-state index in [4.69, 9.17) is 20.2 Å². The van der Waals surface area contributed by atoms with Gasteiger partial charge in [-0.3, -0.25) is 0 Å². The van der Waals surface area contributed by atoms with Crippen molar-refractivity contribution in [2.24, 2.45) is 5.73 Å². The number of nitrogens with two attached hydrogens (primary N) is 1. The molecule has 2 aromatic rings. The second-order valence-corrected chi connectivity index (χ2v) is 6.04. The van der Waals surface area contributed by atoms with Gasteiger partial charge in [0.15, 0.2) is 11.5 Å². The Bertz CT molecular complexity index is 638. The fourth-order valence-electron chi connectivity index (χ4n) is 2.55. The van der Waals surface area contributed by atoms with E-state index in [1.165, 1.54) is 10.6 Å². The SMILES string of the molecule is NC1CCc2nc(-c3ccc4c(c3)OCO4)sc2C1. The minimum Gasteiger partial charge on any atom is -0.454 e. The lowest BCUT2D eigenvalue weighted by Gasteiger charge is -2.15. The van der Waals surface area contributed by atoms with E-state index in [0.717, 1.165) is 41.3 Å². The summed E-state index contributed by atoms with van der Waals surface area (Å²) >= 11 is 1.75. The molecule has 1 aliphatic heterocycles. The predicted octanol–water partition coefficient (Wildman–Crippen LogP) is 2.35. The third-order valence-electron chi connectivity index (χ3n) is 3.60. The lowest BCUT2D eigenvalue weighted by atomic mass is 9.99. The summed E-state index contributed by atoms with van der Waals surface area (Å²) in [5, 5.41) is 1.05. The Balaban J connectivity index is 1.73. The lowest BCUT2D eigenvalue weighted by Crippen LogP contribution is -2.26. The molecule has 0 bridgehead atoms. The van der Waals surface area contributed by atoms with E-state index in [0.29, 0.717) is 6.79 Å². The zero-order valence-electron chi connectivity index (χ0n) is 10.4. The second-order valence-electron chi connectivity index (χ2n) is 4.96. The highest BCUT2D eigenvalue weighted by Gasteiger charge is 2.21. The molecule has 2 N–H and O–H groups in total. The highest BCUT2D eigenvalue weighted by Crippen LogP contribution is 2.38. The van der Waals surface area contributed by atoms with Gasteiger partial charge < -0.3 is 15.2 Å². The van der Waals surface area contributed by atoms with Gasteiger partial charge in [-0.05, 0) is 37.5 Å². The molecule has 0 amide bonds. The Morgan fingerprint density at radius 2 is 2.16 bits per heavy atom. The fourth-order valence-corrected chi connectivity index (χ4v) is 3.75. The molecule has 2 aliphatic rings. The zero-order chi connectivity index (χ0) is 12.8. The van der Waals surface area contributed by atoms with E-state index in [1.807, 2.05) is 18.2 Å². The molecule has 1 aromatic carbocycles. The molecular weight excluding hydrogens is 260 g/mol. The fraction of sp³-hybridized carbons (Fsp3) is 0.357. The van der Waals surface area contributed by atoms with E-state index in [-0.39, 0.29) is 6.04 Å². The summed E-state index contributed by atoms with van der Waals surface area (Å²) in [5.41, 5.74) is 8.33. The van der Waals surface area contributed by atoms with Gasteiger partial charge in [-0.2, -0.15) is 0 Å². The van der Waals surface area contributed by atoms with Crippen LogP contribution in [0.4, 0.5) is 0 Å². The van der Waals surface area contributed by atoms with Gasteiger partial charge in [0.25, 0.3) is 0 Å². The Labute approximate surface area is 115 Å². The van der Waals surface area contributed by atoms with Gasteiger partial charge in [-0.25, -0.2) is 4.98 Å². The summed E-state index contributed by atoms with van der Waals surface area (Å²) in [5.74, 6) is 1.62. The van der Waals surface area contributed by atoms with Crippen molar-refractivity contribution in [2.75, 3.05) is 6.79 Å². The van der Waals surface area contributed by atoms with E-state index in [9.17, 15) is 0 Å². The van der Waals surface area contributed by atoms with Gasteiger partial charge in [0, 0.05) is 16.5 Å². The molecule has 0 radical (unpaired) electrons. The number of fused-ring (bicyclic) bond motifs is 2. The summed E-state index contributed by atoms with van der Waals surface area (Å²) in [6.07, 6.45) is 2.99. The lowest BCUT2D eigenvalue weighted by molar-refractivity contribution is 0.174. The van der Waals surface area contributed by atoms with Crippen LogP contribution in [0.25, 0.3) is 10.6 Å². The van der Waals surface area contributed by atoms with Crippen LogP contribution in [0, 0.1) is 0 Å². The molecule has 0 spiro atoms. The van der Waals surface area contributed by atoms with E-state index in [2.05, 4.69) is 0 Å². The molecule has 1 atom stereocenters. The molecule has 4 rings (SSSR count). The minimum absolute atomic E-state index is 0.289. The largest absolute Gasteiger partial charge is 0.454 e. The summed E-state index contributed by atoms with van der Waals surface area (Å²) in [7, 11) is 0. The molecule has 1 aliphatic carbocycles. The topological polar surface area (TPSA) is 57.4 Å². The standard InChI is InChI=1S/C14H14N2O2S/c15-9-2-3-10-13(6-9)19-14(16-10)8-1-4-11-12(5-8)18-7-17-11/h1,4-5,9H,2-3,6-7,15H2. The third-order valence-corrected chi connectivity index (χ3v) is 4.77. The van der Waals surface area contributed by atoms with Crippen LogP contribution in [0.1, 0.15) is 17.0 Å². The van der Waals surface area contributed by atoms with E-state index in [1.54, 1.807) is 11.3 Å². The average Bonchev–Trinajstić information content (AvgIpc) is 3.02. The van der Waals surface area contributed by atoms with Gasteiger partial charge in [0.2, 0.25) is 6.79 Å². The number of benzene rings is 1. The third kappa shape index (κ3) is 1.89. The molecule has 2 heterocycles. The molecule has 4 nitrogen and oxygen atoms in total. The van der Waals surface area contributed by atoms with Crippen LogP contribution in [0.15, 0.2) is 18.2 Å². The van der Waals surface area contributed by atoms with Crippen molar-refractivity contribution < 1.29 is 9.47 Å². The second kappa shape index (κ2) is 4.21. The number of rotatable bonds is 1. The molecule has 1 unspecified atom stereocenters. The van der Waals surface area contributed by atoms with Crippen LogP contribution < -0.4 is 15.2 Å². The summed E-state index contributed by atoms with van der Waals surface area (Å²) < 4.78 is 10.7. The molecular formula is C14H14N2O2S. The summed E-state index contributed by atoms with van der Waals surface area (Å²) in [4.78, 5) is 6.09. The molecule has 0 fully saturated rings. The van der Waals surface area contributed by atoms with E-state index >= 15 is 0 Å². The van der Waals surface area contributed by atoms with Crippen molar-refractivity contribution in [2.45, 2.75) is 25.3 Å². The highest BCUT2D eigenvalue weighted by molar-refractivity contribution is 7.15. The first-order chi connectivity index (χ1) is 9.29. The first-order valence-electron chi connectivity index (χ1n) is 6.44. The molecule has 98 valence electrons. The predicted molar refractivity (Wildman–Crippen MR) is 73.7 cm³/mol. The zero-order valence-corrected chi connectivity index (χ0v) is 11.2. The average molecular weight is 274 g/mol. The van der Waals surface area contributed by atoms with E-state index < -0.39 is 0 Å². The van der Waals surface area contributed by atoms with Crippen molar-refractivity contribution in [3.05, 3.63) is 28.8 Å². The van der Waals surface area contributed by atoms with Gasteiger partial charge in [0.05, 0.1) is 5.69 Å². The van der Waals surface area contributed by atoms with Crippen LogP contribution in [0.2, 0.25) is 0 Å². The maximum Gasteiger partial charge on any atom is 0.231 e. The van der Waals surface area contributed by atoms with Gasteiger partial charge >= 0.3 is 0 Å². The van der Waals surface area contributed by atoms with Crippen molar-refractivity contribution in [3.63, 3.8) is 0 Å². The van der Waals surface area contributed by atoms with Crippen LogP contribution in [0.3, 0.4) is 0 Å². The van der Waals surface area contributed by atoms with Crippen LogP contribution >= 0.6 is 11.3 Å². The van der Waals surface area contributed by atoms with Crippen LogP contribution in [-0.2, 0) is 12.8 Å². The number of aryl methyl sites for hydroxylation is 1. The Morgan fingerprint density at radius 3 is 3.11 bits per heavy atom. The first kappa shape index (κ1) is 11.3. The maximum absolute atomic E-state index is 6.01. The molecule has 1 aromatic heterocycles. The highest BCUT2D eigenvalue weighted by atomic mass is 32.1. The van der Waals surface area contributed by atoms with Gasteiger partial charge in [-0.1, -0.05) is 0 Å². The Morgan fingerprint density at radius 1 is 1.26 bits per heavy atom. The molecule has 5 heteroatoms. The Kier molecular flexibility index (Phi) is 2.50. The quantitative estimate of drug-likeness (QED) is 0.867. The Hall–Kier alpha value is -1.59. The number of hydrogen-bond acceptors (Lipinski definition) is 5.